The molecule has 0 aliphatic carbocycles. The summed E-state index contributed by atoms with van der Waals surface area (Å²) < 4.78 is 25.7. The highest BCUT2D eigenvalue weighted by molar-refractivity contribution is 7.91. The summed E-state index contributed by atoms with van der Waals surface area (Å²) in [5, 5.41) is 0.633. The average molecular weight is 474 g/mol. The molecule has 0 spiro atoms. The molecule has 0 bridgehead atoms. The second kappa shape index (κ2) is 10.6. The number of carbonyl (C=O) groups excluding carboxylic acids is 1. The number of likely N-dealkylation sites (N-methyl/N-ethyl adjacent to an activating group) is 1. The van der Waals surface area contributed by atoms with E-state index >= 15 is 0 Å². The van der Waals surface area contributed by atoms with Gasteiger partial charge >= 0.3 is 0 Å². The number of aryl methyl sites for hydroxylation is 1. The summed E-state index contributed by atoms with van der Waals surface area (Å²) in [6.07, 6.45) is 0.937. The number of anilines is 1. The summed E-state index contributed by atoms with van der Waals surface area (Å²) in [6.45, 7) is 10.9. The number of hydrogen-bond acceptors (Lipinski definition) is 6. The number of sulfone groups is 1. The number of rotatable bonds is 10. The fraction of sp³-hybridized carbons (Fsp3) is 0.417. The lowest BCUT2D eigenvalue weighted by atomic mass is 10.2. The quantitative estimate of drug-likeness (QED) is 0.429. The van der Waals surface area contributed by atoms with Gasteiger partial charge in [0.2, 0.25) is 0 Å². The van der Waals surface area contributed by atoms with Gasteiger partial charge in [-0.3, -0.25) is 9.69 Å². The molecular formula is C24H31N3O3S2. The van der Waals surface area contributed by atoms with Crippen molar-refractivity contribution >= 4 is 42.4 Å². The van der Waals surface area contributed by atoms with E-state index in [2.05, 4.69) is 37.8 Å². The summed E-state index contributed by atoms with van der Waals surface area (Å²) in [5.74, 6) is -0.242. The zero-order chi connectivity index (χ0) is 23.3. The van der Waals surface area contributed by atoms with Gasteiger partial charge < -0.3 is 4.90 Å². The molecule has 6 nitrogen and oxygen atoms in total. The van der Waals surface area contributed by atoms with Crippen molar-refractivity contribution in [1.29, 1.82) is 0 Å². The fourth-order valence-corrected chi connectivity index (χ4v) is 5.48. The monoisotopic (exact) mass is 473 g/mol. The van der Waals surface area contributed by atoms with Gasteiger partial charge in [0.15, 0.2) is 15.0 Å². The Morgan fingerprint density at radius 3 is 2.41 bits per heavy atom. The lowest BCUT2D eigenvalue weighted by Gasteiger charge is -2.25. The summed E-state index contributed by atoms with van der Waals surface area (Å²) in [7, 11) is -3.40. The van der Waals surface area contributed by atoms with E-state index in [9.17, 15) is 13.2 Å². The van der Waals surface area contributed by atoms with Crippen LogP contribution in [0.1, 0.15) is 43.6 Å². The van der Waals surface area contributed by atoms with Gasteiger partial charge in [-0.2, -0.15) is 0 Å². The minimum atomic E-state index is -3.40. The predicted octanol–water partition coefficient (Wildman–Crippen LogP) is 4.64. The van der Waals surface area contributed by atoms with Crippen molar-refractivity contribution in [1.82, 2.24) is 9.88 Å². The molecule has 0 atom stereocenters. The maximum absolute atomic E-state index is 13.6. The Morgan fingerprint density at radius 2 is 1.75 bits per heavy atom. The minimum absolute atomic E-state index is 0.00600. The molecule has 0 N–H and O–H groups in total. The molecule has 0 aliphatic rings. The van der Waals surface area contributed by atoms with Crippen LogP contribution < -0.4 is 4.90 Å². The Bertz CT molecular complexity index is 1180. The van der Waals surface area contributed by atoms with Gasteiger partial charge in [-0.05, 0) is 55.4 Å². The molecule has 8 heteroatoms. The van der Waals surface area contributed by atoms with Crippen LogP contribution in [0.2, 0.25) is 0 Å². The Labute approximate surface area is 194 Å². The molecule has 3 aromatic rings. The topological polar surface area (TPSA) is 70.6 Å². The normalized spacial score (nSPS) is 11.9. The molecule has 172 valence electrons. The van der Waals surface area contributed by atoms with E-state index in [0.29, 0.717) is 23.8 Å². The fourth-order valence-electron chi connectivity index (χ4n) is 3.50. The van der Waals surface area contributed by atoms with Gasteiger partial charge in [0.25, 0.3) is 5.91 Å². The van der Waals surface area contributed by atoms with Gasteiger partial charge in [-0.25, -0.2) is 13.4 Å². The summed E-state index contributed by atoms with van der Waals surface area (Å²) in [6, 6.07) is 12.5. The smallest absolute Gasteiger partial charge is 0.260 e. The maximum Gasteiger partial charge on any atom is 0.260 e. The Hall–Kier alpha value is -2.29. The van der Waals surface area contributed by atoms with E-state index < -0.39 is 9.84 Å². The number of thiazole rings is 1. The predicted molar refractivity (Wildman–Crippen MR) is 133 cm³/mol. The van der Waals surface area contributed by atoms with Crippen LogP contribution in [0.3, 0.4) is 0 Å². The third-order valence-electron chi connectivity index (χ3n) is 5.68. The van der Waals surface area contributed by atoms with Crippen molar-refractivity contribution < 1.29 is 13.2 Å². The minimum Gasteiger partial charge on any atom is -0.302 e. The van der Waals surface area contributed by atoms with Crippen LogP contribution in [-0.4, -0.2) is 56.1 Å². The lowest BCUT2D eigenvalue weighted by molar-refractivity contribution is 0.0983. The molecule has 1 amide bonds. The largest absolute Gasteiger partial charge is 0.302 e. The number of amides is 1. The van der Waals surface area contributed by atoms with Crippen molar-refractivity contribution in [2.75, 3.05) is 36.8 Å². The highest BCUT2D eigenvalue weighted by atomic mass is 32.2. The zero-order valence-electron chi connectivity index (χ0n) is 19.2. The van der Waals surface area contributed by atoms with E-state index in [0.717, 1.165) is 29.7 Å². The van der Waals surface area contributed by atoms with Crippen molar-refractivity contribution in [3.63, 3.8) is 0 Å². The first-order chi connectivity index (χ1) is 15.3. The third-order valence-corrected chi connectivity index (χ3v) is 8.45. The van der Waals surface area contributed by atoms with E-state index in [-0.39, 0.29) is 16.6 Å². The number of aromatic nitrogens is 1. The number of carbonyl (C=O) groups is 1. The number of benzene rings is 2. The first-order valence-corrected chi connectivity index (χ1v) is 13.6. The number of hydrogen-bond donors (Lipinski definition) is 0. The van der Waals surface area contributed by atoms with Gasteiger partial charge in [0.1, 0.15) is 0 Å². The van der Waals surface area contributed by atoms with Crippen LogP contribution in [0, 0.1) is 0 Å². The lowest BCUT2D eigenvalue weighted by Crippen LogP contribution is -2.39. The van der Waals surface area contributed by atoms with E-state index in [1.54, 1.807) is 30.0 Å². The van der Waals surface area contributed by atoms with Crippen molar-refractivity contribution in [3.05, 3.63) is 53.6 Å². The Balaban J connectivity index is 2.01. The van der Waals surface area contributed by atoms with Gasteiger partial charge in [-0.1, -0.05) is 51.2 Å². The van der Waals surface area contributed by atoms with Crippen molar-refractivity contribution in [2.24, 2.45) is 0 Å². The molecule has 3 rings (SSSR count). The van der Waals surface area contributed by atoms with E-state index in [1.165, 1.54) is 23.0 Å². The first-order valence-electron chi connectivity index (χ1n) is 11.1. The SMILES string of the molecule is CCc1ccc2nc(N(CCN(CC)CC)C(=O)c3cccc(S(=O)(=O)CC)c3)sc2c1. The van der Waals surface area contributed by atoms with Crippen LogP contribution in [0.5, 0.6) is 0 Å². The van der Waals surface area contributed by atoms with Crippen LogP contribution in [0.15, 0.2) is 47.4 Å². The molecule has 0 aliphatic heterocycles. The van der Waals surface area contributed by atoms with Crippen LogP contribution >= 0.6 is 11.3 Å². The molecule has 0 fully saturated rings. The van der Waals surface area contributed by atoms with E-state index in [1.807, 2.05) is 6.07 Å². The Morgan fingerprint density at radius 1 is 1.00 bits per heavy atom. The van der Waals surface area contributed by atoms with Crippen LogP contribution in [-0.2, 0) is 16.3 Å². The third kappa shape index (κ3) is 5.36. The first kappa shape index (κ1) is 24.4. The van der Waals surface area contributed by atoms with Crippen molar-refractivity contribution in [2.45, 2.75) is 39.0 Å². The van der Waals surface area contributed by atoms with Crippen LogP contribution in [0.4, 0.5) is 5.13 Å². The van der Waals surface area contributed by atoms with Gasteiger partial charge in [0, 0.05) is 18.7 Å². The number of nitrogens with zero attached hydrogens (tertiary/aromatic N) is 3. The average Bonchev–Trinajstić information content (AvgIpc) is 3.24. The van der Waals surface area contributed by atoms with E-state index in [4.69, 9.17) is 4.98 Å². The molecule has 2 aromatic carbocycles. The molecule has 0 radical (unpaired) electrons. The van der Waals surface area contributed by atoms with Gasteiger partial charge in [-0.15, -0.1) is 0 Å². The molecule has 32 heavy (non-hydrogen) atoms. The zero-order valence-corrected chi connectivity index (χ0v) is 20.8. The summed E-state index contributed by atoms with van der Waals surface area (Å²) in [5.41, 5.74) is 2.45. The second-order valence-electron chi connectivity index (χ2n) is 7.57. The summed E-state index contributed by atoms with van der Waals surface area (Å²) in [4.78, 5) is 22.4. The molecular weight excluding hydrogens is 442 g/mol. The molecule has 0 unspecified atom stereocenters. The highest BCUT2D eigenvalue weighted by Crippen LogP contribution is 2.31. The Kier molecular flexibility index (Phi) is 8.03. The molecule has 1 heterocycles. The second-order valence-corrected chi connectivity index (χ2v) is 10.9. The van der Waals surface area contributed by atoms with Gasteiger partial charge in [0.05, 0.1) is 20.9 Å². The maximum atomic E-state index is 13.6. The number of fused-ring (bicyclic) bond motifs is 1. The highest BCUT2D eigenvalue weighted by Gasteiger charge is 2.23. The standard InChI is InChI=1S/C24H31N3O3S2/c1-5-18-12-13-21-22(16-18)31-24(25-21)27(15-14-26(6-2)7-3)23(28)19-10-9-11-20(17-19)32(29,30)8-4/h9-13,16-17H,5-8,14-15H2,1-4H3. The molecule has 1 aromatic heterocycles. The van der Waals surface area contributed by atoms with Crippen molar-refractivity contribution in [3.8, 4) is 0 Å². The molecule has 0 saturated heterocycles. The summed E-state index contributed by atoms with van der Waals surface area (Å²) >= 11 is 1.50. The molecule has 0 saturated carbocycles. The van der Waals surface area contributed by atoms with Crippen LogP contribution in [0.25, 0.3) is 10.2 Å².